The standard InChI is InChI=1S/C19H27NO2S/c1-4-6-14-20(15-7-5-2)23(21,22)19-13-12-16(3)17-10-8-9-11-18(17)19/h8-13H,4-7,14-15H2,1-3H3. The van der Waals surface area contributed by atoms with Gasteiger partial charge in [0.15, 0.2) is 0 Å². The van der Waals surface area contributed by atoms with E-state index in [1.807, 2.05) is 37.3 Å². The van der Waals surface area contributed by atoms with Gasteiger partial charge in [0.1, 0.15) is 0 Å². The van der Waals surface area contributed by atoms with Crippen LogP contribution in [-0.2, 0) is 10.0 Å². The molecule has 0 aliphatic heterocycles. The lowest BCUT2D eigenvalue weighted by molar-refractivity contribution is 0.395. The molecule has 0 saturated carbocycles. The van der Waals surface area contributed by atoms with E-state index in [2.05, 4.69) is 13.8 Å². The quantitative estimate of drug-likeness (QED) is 0.700. The smallest absolute Gasteiger partial charge is 0.207 e. The second-order valence-electron chi connectivity index (χ2n) is 6.04. The zero-order chi connectivity index (χ0) is 16.9. The molecule has 4 heteroatoms. The molecule has 0 heterocycles. The SMILES string of the molecule is CCCCN(CCCC)S(=O)(=O)c1ccc(C)c2ccccc12. The van der Waals surface area contributed by atoms with Gasteiger partial charge in [-0.15, -0.1) is 0 Å². The Hall–Kier alpha value is -1.39. The highest BCUT2D eigenvalue weighted by atomic mass is 32.2. The fourth-order valence-corrected chi connectivity index (χ4v) is 4.52. The molecule has 0 spiro atoms. The van der Waals surface area contributed by atoms with Crippen LogP contribution in [0.5, 0.6) is 0 Å². The highest BCUT2D eigenvalue weighted by Crippen LogP contribution is 2.28. The Balaban J connectivity index is 2.50. The normalized spacial score (nSPS) is 12.2. The maximum atomic E-state index is 13.2. The molecule has 0 bridgehead atoms. The molecule has 2 aromatic carbocycles. The largest absolute Gasteiger partial charge is 0.243 e. The highest BCUT2D eigenvalue weighted by Gasteiger charge is 2.25. The molecule has 0 unspecified atom stereocenters. The number of aryl methyl sites for hydroxylation is 1. The Kier molecular flexibility index (Phi) is 6.19. The van der Waals surface area contributed by atoms with Gasteiger partial charge in [0, 0.05) is 18.5 Å². The van der Waals surface area contributed by atoms with Crippen molar-refractivity contribution in [3.63, 3.8) is 0 Å². The molecule has 3 nitrogen and oxygen atoms in total. The molecular formula is C19H27NO2S. The number of benzene rings is 2. The first-order valence-electron chi connectivity index (χ1n) is 8.50. The summed E-state index contributed by atoms with van der Waals surface area (Å²) in [4.78, 5) is 0.436. The van der Waals surface area contributed by atoms with E-state index in [-0.39, 0.29) is 0 Å². The highest BCUT2D eigenvalue weighted by molar-refractivity contribution is 7.89. The summed E-state index contributed by atoms with van der Waals surface area (Å²) in [7, 11) is -3.46. The van der Waals surface area contributed by atoms with Crippen molar-refractivity contribution < 1.29 is 8.42 Å². The van der Waals surface area contributed by atoms with E-state index in [1.165, 1.54) is 0 Å². The molecule has 2 rings (SSSR count). The minimum atomic E-state index is -3.46. The number of nitrogens with zero attached hydrogens (tertiary/aromatic N) is 1. The lowest BCUT2D eigenvalue weighted by Crippen LogP contribution is -2.33. The predicted octanol–water partition coefficient (Wildman–Crippen LogP) is 4.74. The summed E-state index contributed by atoms with van der Waals surface area (Å²) in [6.45, 7) is 7.39. The molecule has 0 radical (unpaired) electrons. The molecule has 0 saturated heterocycles. The number of hydrogen-bond donors (Lipinski definition) is 0. The van der Waals surface area contributed by atoms with Gasteiger partial charge >= 0.3 is 0 Å². The Labute approximate surface area is 140 Å². The fourth-order valence-electron chi connectivity index (χ4n) is 2.81. The van der Waals surface area contributed by atoms with Gasteiger partial charge in [-0.3, -0.25) is 0 Å². The average molecular weight is 333 g/mol. The summed E-state index contributed by atoms with van der Waals surface area (Å²) >= 11 is 0. The Morgan fingerprint density at radius 1 is 0.870 bits per heavy atom. The van der Waals surface area contributed by atoms with Crippen LogP contribution in [0.1, 0.15) is 45.1 Å². The number of hydrogen-bond acceptors (Lipinski definition) is 2. The molecule has 0 N–H and O–H groups in total. The summed E-state index contributed by atoms with van der Waals surface area (Å²) in [6, 6.07) is 11.4. The zero-order valence-corrected chi connectivity index (χ0v) is 15.2. The molecule has 0 atom stereocenters. The third kappa shape index (κ3) is 3.93. The fraction of sp³-hybridized carbons (Fsp3) is 0.474. The number of fused-ring (bicyclic) bond motifs is 1. The van der Waals surface area contributed by atoms with Crippen molar-refractivity contribution in [1.82, 2.24) is 4.31 Å². The third-order valence-electron chi connectivity index (χ3n) is 4.24. The molecule has 2 aromatic rings. The van der Waals surface area contributed by atoms with Crippen molar-refractivity contribution in [3.8, 4) is 0 Å². The minimum absolute atomic E-state index is 0.436. The monoisotopic (exact) mass is 333 g/mol. The van der Waals surface area contributed by atoms with Gasteiger partial charge in [-0.2, -0.15) is 4.31 Å². The van der Waals surface area contributed by atoms with E-state index >= 15 is 0 Å². The van der Waals surface area contributed by atoms with Crippen LogP contribution in [0, 0.1) is 6.92 Å². The summed E-state index contributed by atoms with van der Waals surface area (Å²) < 4.78 is 28.1. The van der Waals surface area contributed by atoms with Crippen molar-refractivity contribution in [2.24, 2.45) is 0 Å². The summed E-state index contributed by atoms with van der Waals surface area (Å²) in [5.74, 6) is 0. The molecule has 0 aromatic heterocycles. The molecule has 0 aliphatic carbocycles. The van der Waals surface area contributed by atoms with Crippen molar-refractivity contribution >= 4 is 20.8 Å². The van der Waals surface area contributed by atoms with Crippen LogP contribution in [0.4, 0.5) is 0 Å². The van der Waals surface area contributed by atoms with Crippen LogP contribution in [0.25, 0.3) is 10.8 Å². The Morgan fingerprint density at radius 2 is 1.43 bits per heavy atom. The van der Waals surface area contributed by atoms with Crippen molar-refractivity contribution in [3.05, 3.63) is 42.0 Å². The van der Waals surface area contributed by atoms with Crippen LogP contribution in [0.15, 0.2) is 41.3 Å². The van der Waals surface area contributed by atoms with Gasteiger partial charge in [-0.25, -0.2) is 8.42 Å². The second-order valence-corrected chi connectivity index (χ2v) is 7.94. The van der Waals surface area contributed by atoms with Crippen molar-refractivity contribution in [2.45, 2.75) is 51.3 Å². The van der Waals surface area contributed by atoms with Crippen LogP contribution < -0.4 is 0 Å². The molecule has 126 valence electrons. The summed E-state index contributed by atoms with van der Waals surface area (Å²) in [5.41, 5.74) is 1.10. The van der Waals surface area contributed by atoms with Crippen LogP contribution in [0.2, 0.25) is 0 Å². The van der Waals surface area contributed by atoms with Gasteiger partial charge in [0.2, 0.25) is 10.0 Å². The first-order valence-corrected chi connectivity index (χ1v) is 9.94. The van der Waals surface area contributed by atoms with Gasteiger partial charge in [0.25, 0.3) is 0 Å². The van der Waals surface area contributed by atoms with Crippen LogP contribution >= 0.6 is 0 Å². The van der Waals surface area contributed by atoms with E-state index in [0.717, 1.165) is 42.0 Å². The van der Waals surface area contributed by atoms with E-state index < -0.39 is 10.0 Å². The average Bonchev–Trinajstić information content (AvgIpc) is 2.55. The maximum Gasteiger partial charge on any atom is 0.243 e. The van der Waals surface area contributed by atoms with Gasteiger partial charge in [-0.05, 0) is 36.8 Å². The van der Waals surface area contributed by atoms with Gasteiger partial charge in [-0.1, -0.05) is 57.0 Å². The van der Waals surface area contributed by atoms with Crippen LogP contribution in [-0.4, -0.2) is 25.8 Å². The van der Waals surface area contributed by atoms with E-state index in [0.29, 0.717) is 18.0 Å². The predicted molar refractivity (Wildman–Crippen MR) is 97.3 cm³/mol. The lowest BCUT2D eigenvalue weighted by Gasteiger charge is -2.23. The van der Waals surface area contributed by atoms with Gasteiger partial charge < -0.3 is 0 Å². The summed E-state index contributed by atoms with van der Waals surface area (Å²) in [6.07, 6.45) is 3.78. The Morgan fingerprint density at radius 3 is 2.00 bits per heavy atom. The number of unbranched alkanes of at least 4 members (excludes halogenated alkanes) is 2. The van der Waals surface area contributed by atoms with E-state index in [1.54, 1.807) is 10.4 Å². The van der Waals surface area contributed by atoms with Crippen molar-refractivity contribution in [2.75, 3.05) is 13.1 Å². The summed E-state index contributed by atoms with van der Waals surface area (Å²) in [5, 5.41) is 1.84. The lowest BCUT2D eigenvalue weighted by atomic mass is 10.1. The number of sulfonamides is 1. The molecule has 0 aliphatic rings. The van der Waals surface area contributed by atoms with E-state index in [9.17, 15) is 8.42 Å². The molecule has 0 amide bonds. The molecule has 0 fully saturated rings. The Bertz CT molecular complexity index is 745. The van der Waals surface area contributed by atoms with Gasteiger partial charge in [0.05, 0.1) is 4.90 Å². The zero-order valence-electron chi connectivity index (χ0n) is 14.4. The first kappa shape index (κ1) is 18.0. The third-order valence-corrected chi connectivity index (χ3v) is 6.20. The molecule has 23 heavy (non-hydrogen) atoms. The minimum Gasteiger partial charge on any atom is -0.207 e. The second kappa shape index (κ2) is 7.93. The molecular weight excluding hydrogens is 306 g/mol. The topological polar surface area (TPSA) is 37.4 Å². The van der Waals surface area contributed by atoms with Crippen molar-refractivity contribution in [1.29, 1.82) is 0 Å². The first-order chi connectivity index (χ1) is 11.0. The van der Waals surface area contributed by atoms with E-state index in [4.69, 9.17) is 0 Å². The number of rotatable bonds is 8. The maximum absolute atomic E-state index is 13.2. The van der Waals surface area contributed by atoms with Crippen LogP contribution in [0.3, 0.4) is 0 Å².